The number of rotatable bonds is 6. The number of ether oxygens (including phenoxy) is 2. The van der Waals surface area contributed by atoms with E-state index in [1.165, 1.54) is 31.3 Å². The van der Waals surface area contributed by atoms with Gasteiger partial charge in [-0.1, -0.05) is 34.1 Å². The number of nitrogens with zero attached hydrogens (tertiary/aromatic N) is 1. The fourth-order valence-electron chi connectivity index (χ4n) is 3.99. The maximum atomic E-state index is 13.7. The van der Waals surface area contributed by atoms with Crippen LogP contribution in [0.1, 0.15) is 17.2 Å². The second-order valence-corrected chi connectivity index (χ2v) is 10.9. The average Bonchev–Trinajstić information content (AvgIpc) is 2.93. The molecule has 1 aliphatic rings. The Kier molecular flexibility index (Phi) is 7.13. The molecule has 3 aromatic rings. The van der Waals surface area contributed by atoms with E-state index >= 15 is 0 Å². The third kappa shape index (κ3) is 5.03. The van der Waals surface area contributed by atoms with Crippen molar-refractivity contribution in [1.29, 1.82) is 0 Å². The number of anilines is 2. The molecule has 1 unspecified atom stereocenters. The minimum Gasteiger partial charge on any atom is -0.493 e. The van der Waals surface area contributed by atoms with Gasteiger partial charge in [0, 0.05) is 16.6 Å². The SMILES string of the molecule is COc1ccc(C2CC(=O)N(CC(=O)Nc3ccc(Br)cc3)c3ccccc3S2(=O)=O)cc1OC. The van der Waals surface area contributed by atoms with E-state index < -0.39 is 26.9 Å². The molecule has 1 aliphatic heterocycles. The summed E-state index contributed by atoms with van der Waals surface area (Å²) in [5.41, 5.74) is 1.13. The summed E-state index contributed by atoms with van der Waals surface area (Å²) < 4.78 is 38.9. The summed E-state index contributed by atoms with van der Waals surface area (Å²) in [4.78, 5) is 27.4. The molecule has 0 spiro atoms. The zero-order valence-electron chi connectivity index (χ0n) is 19.0. The fraction of sp³-hybridized carbons (Fsp3) is 0.200. The van der Waals surface area contributed by atoms with Crippen LogP contribution in [0.25, 0.3) is 0 Å². The van der Waals surface area contributed by atoms with Crippen molar-refractivity contribution < 1.29 is 27.5 Å². The van der Waals surface area contributed by atoms with E-state index in [9.17, 15) is 18.0 Å². The molecule has 3 aromatic carbocycles. The molecule has 0 saturated carbocycles. The van der Waals surface area contributed by atoms with Gasteiger partial charge in [-0.15, -0.1) is 0 Å². The smallest absolute Gasteiger partial charge is 0.244 e. The van der Waals surface area contributed by atoms with Crippen molar-refractivity contribution >= 4 is 49.0 Å². The van der Waals surface area contributed by atoms with Gasteiger partial charge in [0.25, 0.3) is 0 Å². The van der Waals surface area contributed by atoms with E-state index in [4.69, 9.17) is 9.47 Å². The lowest BCUT2D eigenvalue weighted by Crippen LogP contribution is -2.38. The van der Waals surface area contributed by atoms with Crippen LogP contribution < -0.4 is 19.7 Å². The highest BCUT2D eigenvalue weighted by atomic mass is 79.9. The average molecular weight is 559 g/mol. The predicted octanol–water partition coefficient (Wildman–Crippen LogP) is 4.36. The second-order valence-electron chi connectivity index (χ2n) is 7.85. The van der Waals surface area contributed by atoms with Crippen LogP contribution in [0.15, 0.2) is 76.1 Å². The Labute approximate surface area is 211 Å². The quantitative estimate of drug-likeness (QED) is 0.482. The Hall–Kier alpha value is -3.37. The number of benzene rings is 3. The first kappa shape index (κ1) is 24.7. The standard InChI is InChI=1S/C25H23BrN2O6S/c1-33-20-12-7-16(13-21(20)34-2)23-14-25(30)28(19-5-3-4-6-22(19)35(23,31)32)15-24(29)27-18-10-8-17(26)9-11-18/h3-13,23H,14-15H2,1-2H3,(H,27,29). The van der Waals surface area contributed by atoms with E-state index in [-0.39, 0.29) is 23.5 Å². The number of para-hydroxylation sites is 1. The van der Waals surface area contributed by atoms with Crippen LogP contribution in [0.4, 0.5) is 11.4 Å². The van der Waals surface area contributed by atoms with Crippen LogP contribution in [0.2, 0.25) is 0 Å². The van der Waals surface area contributed by atoms with Crippen LogP contribution in [0, 0.1) is 0 Å². The molecule has 35 heavy (non-hydrogen) atoms. The van der Waals surface area contributed by atoms with Gasteiger partial charge in [0.1, 0.15) is 6.54 Å². The topological polar surface area (TPSA) is 102 Å². The molecule has 8 nitrogen and oxygen atoms in total. The van der Waals surface area contributed by atoms with E-state index in [1.54, 1.807) is 54.6 Å². The Morgan fingerprint density at radius 1 is 1.03 bits per heavy atom. The lowest BCUT2D eigenvalue weighted by atomic mass is 10.1. The number of sulfone groups is 1. The van der Waals surface area contributed by atoms with Crippen molar-refractivity contribution in [3.63, 3.8) is 0 Å². The van der Waals surface area contributed by atoms with Crippen LogP contribution >= 0.6 is 15.9 Å². The summed E-state index contributed by atoms with van der Waals surface area (Å²) in [5.74, 6) is -0.127. The molecular formula is C25H23BrN2O6S. The third-order valence-electron chi connectivity index (χ3n) is 5.71. The molecule has 4 rings (SSSR count). The maximum absolute atomic E-state index is 13.7. The van der Waals surface area contributed by atoms with Gasteiger partial charge in [-0.2, -0.15) is 0 Å². The number of hydrogen-bond donors (Lipinski definition) is 1. The molecule has 1 heterocycles. The molecule has 0 aromatic heterocycles. The number of nitrogens with one attached hydrogen (secondary N) is 1. The van der Waals surface area contributed by atoms with Crippen molar-refractivity contribution in [3.8, 4) is 11.5 Å². The summed E-state index contributed by atoms with van der Waals surface area (Å²) in [7, 11) is -1.04. The van der Waals surface area contributed by atoms with E-state index in [1.807, 2.05) is 0 Å². The first-order valence-corrected chi connectivity index (χ1v) is 13.0. The van der Waals surface area contributed by atoms with E-state index in [2.05, 4.69) is 21.2 Å². The zero-order valence-corrected chi connectivity index (χ0v) is 21.4. The number of methoxy groups -OCH3 is 2. The molecule has 1 N–H and O–H groups in total. The van der Waals surface area contributed by atoms with Gasteiger partial charge in [-0.25, -0.2) is 8.42 Å². The summed E-state index contributed by atoms with van der Waals surface area (Å²) >= 11 is 3.34. The number of hydrogen-bond acceptors (Lipinski definition) is 6. The number of halogens is 1. The Morgan fingerprint density at radius 2 is 1.71 bits per heavy atom. The number of carbonyl (C=O) groups is 2. The van der Waals surface area contributed by atoms with Crippen LogP contribution in [-0.4, -0.2) is 41.0 Å². The molecule has 0 radical (unpaired) electrons. The van der Waals surface area contributed by atoms with Gasteiger partial charge >= 0.3 is 0 Å². The van der Waals surface area contributed by atoms with Crippen molar-refractivity contribution in [2.45, 2.75) is 16.6 Å². The van der Waals surface area contributed by atoms with Crippen molar-refractivity contribution in [1.82, 2.24) is 0 Å². The van der Waals surface area contributed by atoms with Gasteiger partial charge in [0.2, 0.25) is 11.8 Å². The minimum atomic E-state index is -3.98. The highest BCUT2D eigenvalue weighted by Crippen LogP contribution is 2.42. The van der Waals surface area contributed by atoms with Crippen molar-refractivity contribution in [2.75, 3.05) is 31.0 Å². The van der Waals surface area contributed by atoms with Gasteiger partial charge < -0.3 is 19.7 Å². The molecule has 10 heteroatoms. The maximum Gasteiger partial charge on any atom is 0.244 e. The van der Waals surface area contributed by atoms with Crippen LogP contribution in [0.3, 0.4) is 0 Å². The lowest BCUT2D eigenvalue weighted by molar-refractivity contribution is -0.121. The van der Waals surface area contributed by atoms with Gasteiger partial charge in [-0.05, 0) is 54.1 Å². The van der Waals surface area contributed by atoms with E-state index in [0.717, 1.165) is 4.47 Å². The normalized spacial score (nSPS) is 16.7. The Bertz CT molecular complexity index is 1370. The zero-order chi connectivity index (χ0) is 25.2. The van der Waals surface area contributed by atoms with Crippen molar-refractivity contribution in [3.05, 3.63) is 76.8 Å². The lowest BCUT2D eigenvalue weighted by Gasteiger charge is -2.21. The summed E-state index contributed by atoms with van der Waals surface area (Å²) in [6, 6.07) is 18.0. The third-order valence-corrected chi connectivity index (χ3v) is 8.38. The van der Waals surface area contributed by atoms with Crippen LogP contribution in [-0.2, 0) is 19.4 Å². The second kappa shape index (κ2) is 10.1. The van der Waals surface area contributed by atoms with Gasteiger partial charge in [0.05, 0.1) is 30.1 Å². The Balaban J connectivity index is 1.70. The molecule has 182 valence electrons. The first-order valence-electron chi connectivity index (χ1n) is 10.6. The molecular weight excluding hydrogens is 536 g/mol. The molecule has 1 atom stereocenters. The number of fused-ring (bicyclic) bond motifs is 1. The predicted molar refractivity (Wildman–Crippen MR) is 136 cm³/mol. The highest BCUT2D eigenvalue weighted by Gasteiger charge is 2.40. The van der Waals surface area contributed by atoms with Gasteiger partial charge in [-0.3, -0.25) is 9.59 Å². The minimum absolute atomic E-state index is 0.0120. The fourth-order valence-corrected chi connectivity index (χ4v) is 6.16. The summed E-state index contributed by atoms with van der Waals surface area (Å²) in [6.07, 6.45) is -0.335. The number of amides is 2. The molecule has 0 aliphatic carbocycles. The van der Waals surface area contributed by atoms with Crippen molar-refractivity contribution in [2.24, 2.45) is 0 Å². The molecule has 0 bridgehead atoms. The Morgan fingerprint density at radius 3 is 2.40 bits per heavy atom. The molecule has 2 amide bonds. The largest absolute Gasteiger partial charge is 0.493 e. The molecule has 0 saturated heterocycles. The summed E-state index contributed by atoms with van der Waals surface area (Å²) in [5, 5.41) is 1.59. The van der Waals surface area contributed by atoms with Crippen LogP contribution in [0.5, 0.6) is 11.5 Å². The first-order chi connectivity index (χ1) is 16.7. The number of carbonyl (C=O) groups excluding carboxylic acids is 2. The van der Waals surface area contributed by atoms with E-state index in [0.29, 0.717) is 22.7 Å². The van der Waals surface area contributed by atoms with Gasteiger partial charge in [0.15, 0.2) is 21.3 Å². The highest BCUT2D eigenvalue weighted by molar-refractivity contribution is 9.10. The monoisotopic (exact) mass is 558 g/mol. The molecule has 0 fully saturated rings. The summed E-state index contributed by atoms with van der Waals surface area (Å²) in [6.45, 7) is -0.333.